The van der Waals surface area contributed by atoms with Crippen molar-refractivity contribution in [3.05, 3.63) is 42.9 Å². The van der Waals surface area contributed by atoms with Crippen LogP contribution in [0.4, 0.5) is 0 Å². The molecule has 0 unspecified atom stereocenters. The molecule has 0 radical (unpaired) electrons. The zero-order valence-corrected chi connectivity index (χ0v) is 26.0. The number of carbonyl (C=O) groups excluding carboxylic acids is 8. The summed E-state index contributed by atoms with van der Waals surface area (Å²) in [7, 11) is 2.15. The van der Waals surface area contributed by atoms with Gasteiger partial charge in [0, 0.05) is 13.8 Å². The van der Waals surface area contributed by atoms with E-state index in [1.807, 2.05) is 0 Å². The van der Waals surface area contributed by atoms with E-state index in [4.69, 9.17) is 9.47 Å². The summed E-state index contributed by atoms with van der Waals surface area (Å²) < 4.78 is 21.0. The number of thioether (sulfide) groups is 4. The summed E-state index contributed by atoms with van der Waals surface area (Å²) in [5.41, 5.74) is -0.960. The van der Waals surface area contributed by atoms with Gasteiger partial charge in [0.05, 0.1) is 53.4 Å². The van der Waals surface area contributed by atoms with Gasteiger partial charge in [0.1, 0.15) is 11.1 Å². The van der Waals surface area contributed by atoms with Crippen molar-refractivity contribution in [3.63, 3.8) is 0 Å². The largest absolute Gasteiger partial charge is 0.465 e. The molecule has 0 saturated heterocycles. The lowest BCUT2D eigenvalue weighted by Crippen LogP contribution is -2.39. The molecule has 0 bridgehead atoms. The van der Waals surface area contributed by atoms with Crippen molar-refractivity contribution in [2.75, 3.05) is 14.2 Å². The third kappa shape index (κ3) is 5.56. The van der Waals surface area contributed by atoms with Crippen LogP contribution in [0.2, 0.25) is 0 Å². The maximum atomic E-state index is 12.8. The Labute approximate surface area is 263 Å². The van der Waals surface area contributed by atoms with Crippen LogP contribution in [0, 0.1) is 0 Å². The third-order valence-electron chi connectivity index (χ3n) is 5.77. The summed E-state index contributed by atoms with van der Waals surface area (Å²) in [5.74, 6) is -6.80. The maximum Gasteiger partial charge on any atom is 0.343 e. The number of benzene rings is 1. The Morgan fingerprint density at radius 2 is 0.886 bits per heavy atom. The molecule has 2 N–H and O–H groups in total. The average Bonchev–Trinajstić information content (AvgIpc) is 3.59. The highest BCUT2D eigenvalue weighted by Crippen LogP contribution is 2.68. The second-order valence-electron chi connectivity index (χ2n) is 8.64. The molecule has 44 heavy (non-hydrogen) atoms. The van der Waals surface area contributed by atoms with E-state index in [-0.39, 0.29) is 50.7 Å². The molecule has 4 aliphatic rings. The Morgan fingerprint density at radius 1 is 0.568 bits per heavy atom. The van der Waals surface area contributed by atoms with E-state index >= 15 is 0 Å². The first-order valence-corrected chi connectivity index (χ1v) is 15.2. The Morgan fingerprint density at radius 3 is 1.16 bits per heavy atom. The predicted octanol–water partition coefficient (Wildman–Crippen LogP) is 1.87. The zero-order chi connectivity index (χ0) is 32.0. The second-order valence-corrected chi connectivity index (χ2v) is 13.2. The van der Waals surface area contributed by atoms with Gasteiger partial charge in [-0.05, 0) is 12.2 Å². The number of ether oxygens (including phenoxy) is 4. The molecule has 0 aliphatic carbocycles. The summed E-state index contributed by atoms with van der Waals surface area (Å²) in [6.07, 6.45) is 2.16. The topological polar surface area (TPSA) is 198 Å². The van der Waals surface area contributed by atoms with E-state index in [0.717, 1.165) is 87.3 Å². The summed E-state index contributed by atoms with van der Waals surface area (Å²) >= 11 is 3.84. The van der Waals surface area contributed by atoms with Gasteiger partial charge in [0.2, 0.25) is 0 Å². The lowest BCUT2D eigenvalue weighted by molar-refractivity contribution is -0.140. The highest BCUT2D eigenvalue weighted by Gasteiger charge is 2.42. The lowest BCUT2D eigenvalue weighted by atomic mass is 10.1. The number of nitrogens with one attached hydrogen (secondary N) is 2. The summed E-state index contributed by atoms with van der Waals surface area (Å²) in [4.78, 5) is 99.8. The first-order chi connectivity index (χ1) is 20.8. The first-order valence-electron chi connectivity index (χ1n) is 12.0. The molecule has 5 rings (SSSR count). The molecule has 226 valence electrons. The van der Waals surface area contributed by atoms with Crippen LogP contribution < -0.4 is 20.1 Å². The minimum Gasteiger partial charge on any atom is -0.465 e. The van der Waals surface area contributed by atoms with Crippen LogP contribution in [0.3, 0.4) is 0 Å². The lowest BCUT2D eigenvalue weighted by Gasteiger charge is -2.15. The number of rotatable bonds is 4. The molecule has 0 fully saturated rings. The minimum absolute atomic E-state index is 0.0218. The fourth-order valence-corrected chi connectivity index (χ4v) is 9.39. The molecule has 1 aromatic carbocycles. The van der Waals surface area contributed by atoms with Crippen molar-refractivity contribution >= 4 is 94.6 Å². The standard InChI is InChI=1S/C26H16N2O12S4/c1-7(29)39-13-15-17(43-25(41-15)11-5-9(23(35)37-3)19(31)27-21(11)33)14(40-8(2)30)18-16(13)42-26(44-18)12-6-10(24(36)38-4)20(32)28-22(12)34/h5-6H,1-4H3,(H,27,31,33)(H,28,32,34). The normalized spacial score (nSPS) is 17.3. The van der Waals surface area contributed by atoms with Crippen molar-refractivity contribution in [1.29, 1.82) is 0 Å². The molecular formula is C26H16N2O12S4. The number of imide groups is 2. The number of hydrogen-bond donors (Lipinski definition) is 2. The van der Waals surface area contributed by atoms with Crippen LogP contribution in [-0.2, 0) is 47.8 Å². The van der Waals surface area contributed by atoms with E-state index in [1.54, 1.807) is 0 Å². The van der Waals surface area contributed by atoms with Gasteiger partial charge in [-0.15, -0.1) is 0 Å². The second kappa shape index (κ2) is 12.0. The van der Waals surface area contributed by atoms with Crippen molar-refractivity contribution in [3.8, 4) is 11.5 Å². The number of esters is 4. The molecule has 0 spiro atoms. The van der Waals surface area contributed by atoms with Gasteiger partial charge < -0.3 is 18.9 Å². The number of amides is 4. The Bertz CT molecular complexity index is 1630. The van der Waals surface area contributed by atoms with Gasteiger partial charge in [0.25, 0.3) is 23.6 Å². The molecule has 4 heterocycles. The number of methoxy groups -OCH3 is 2. The van der Waals surface area contributed by atoms with Crippen molar-refractivity contribution in [2.24, 2.45) is 0 Å². The van der Waals surface area contributed by atoms with Crippen molar-refractivity contribution < 1.29 is 57.3 Å². The maximum absolute atomic E-state index is 12.8. The van der Waals surface area contributed by atoms with Gasteiger partial charge in [-0.1, -0.05) is 47.0 Å². The number of carbonyl (C=O) groups is 8. The Balaban J connectivity index is 1.70. The quantitative estimate of drug-likeness (QED) is 0.154. The molecule has 0 saturated carbocycles. The molecular weight excluding hydrogens is 661 g/mol. The average molecular weight is 677 g/mol. The van der Waals surface area contributed by atoms with E-state index in [2.05, 4.69) is 20.1 Å². The third-order valence-corrected chi connectivity index (χ3v) is 11.0. The molecule has 1 aromatic rings. The van der Waals surface area contributed by atoms with Crippen LogP contribution in [0.15, 0.2) is 62.5 Å². The first kappa shape index (κ1) is 31.2. The van der Waals surface area contributed by atoms with Crippen LogP contribution in [0.25, 0.3) is 0 Å². The predicted molar refractivity (Wildman–Crippen MR) is 153 cm³/mol. The van der Waals surface area contributed by atoms with E-state index in [1.165, 1.54) is 0 Å². The van der Waals surface area contributed by atoms with E-state index in [9.17, 15) is 38.4 Å². The SMILES string of the molecule is COC(=O)C1=CC(=C2Sc3c(OC(C)=O)c4c(c(OC(C)=O)c3S2)SC(=C2C=C(C(=O)OC)C(=O)NC2=O)S4)C(=O)NC1=O. The molecule has 4 aliphatic heterocycles. The molecule has 18 heteroatoms. The summed E-state index contributed by atoms with van der Waals surface area (Å²) in [6, 6.07) is 0. The monoisotopic (exact) mass is 676 g/mol. The smallest absolute Gasteiger partial charge is 0.343 e. The van der Waals surface area contributed by atoms with Crippen LogP contribution in [-0.4, -0.2) is 61.7 Å². The van der Waals surface area contributed by atoms with E-state index in [0.29, 0.717) is 0 Å². The molecule has 0 aromatic heterocycles. The molecule has 4 amide bonds. The van der Waals surface area contributed by atoms with E-state index < -0.39 is 58.7 Å². The van der Waals surface area contributed by atoms with Gasteiger partial charge in [-0.25, -0.2) is 9.59 Å². The molecule has 14 nitrogen and oxygen atoms in total. The van der Waals surface area contributed by atoms with Crippen molar-refractivity contribution in [1.82, 2.24) is 10.6 Å². The van der Waals surface area contributed by atoms with Gasteiger partial charge in [-0.2, -0.15) is 0 Å². The summed E-state index contributed by atoms with van der Waals surface area (Å²) in [5, 5.41) is 4.17. The van der Waals surface area contributed by atoms with Crippen LogP contribution in [0.1, 0.15) is 13.8 Å². The fourth-order valence-electron chi connectivity index (χ4n) is 3.95. The van der Waals surface area contributed by atoms with Gasteiger partial charge >= 0.3 is 23.9 Å². The van der Waals surface area contributed by atoms with Crippen LogP contribution in [0.5, 0.6) is 11.5 Å². The van der Waals surface area contributed by atoms with Crippen LogP contribution >= 0.6 is 47.0 Å². The Hall–Kier alpha value is -4.26. The minimum atomic E-state index is -0.968. The molecule has 0 atom stereocenters. The fraction of sp³-hybridized carbons (Fsp3) is 0.154. The summed E-state index contributed by atoms with van der Waals surface area (Å²) in [6.45, 7) is 2.32. The van der Waals surface area contributed by atoms with Gasteiger partial charge in [0.15, 0.2) is 11.5 Å². The Kier molecular flexibility index (Phi) is 8.52. The van der Waals surface area contributed by atoms with Crippen molar-refractivity contribution in [2.45, 2.75) is 33.4 Å². The number of fused-ring (bicyclic) bond motifs is 2. The highest BCUT2D eigenvalue weighted by atomic mass is 32.2. The van der Waals surface area contributed by atoms with Gasteiger partial charge in [-0.3, -0.25) is 39.4 Å². The highest BCUT2D eigenvalue weighted by molar-refractivity contribution is 8.26. The number of hydrogen-bond acceptors (Lipinski definition) is 16. The zero-order valence-electron chi connectivity index (χ0n) is 22.7.